The van der Waals surface area contributed by atoms with Crippen molar-refractivity contribution in [2.24, 2.45) is 4.99 Å². The lowest BCUT2D eigenvalue weighted by Crippen LogP contribution is -2.45. The Morgan fingerprint density at radius 2 is 1.93 bits per heavy atom. The van der Waals surface area contributed by atoms with Gasteiger partial charge >= 0.3 is 0 Å². The summed E-state index contributed by atoms with van der Waals surface area (Å²) in [5, 5.41) is 6.81. The first-order valence-corrected chi connectivity index (χ1v) is 10.2. The van der Waals surface area contributed by atoms with Crippen LogP contribution in [0.1, 0.15) is 45.1 Å². The molecule has 1 fully saturated rings. The zero-order valence-electron chi connectivity index (χ0n) is 17.8. The van der Waals surface area contributed by atoms with E-state index in [0.29, 0.717) is 6.54 Å². The fourth-order valence-electron chi connectivity index (χ4n) is 3.63. The van der Waals surface area contributed by atoms with Crippen LogP contribution >= 0.6 is 24.0 Å². The summed E-state index contributed by atoms with van der Waals surface area (Å²) >= 11 is 0. The molecule has 2 rings (SSSR count). The SMILES string of the molecule is CCNC(=NCc1ccc(OC)c(OC)c1)NCCN1CCCCC1CC.I. The number of aliphatic imine (C=N–C) groups is 1. The van der Waals surface area contributed by atoms with Crippen LogP contribution < -0.4 is 20.1 Å². The molecule has 160 valence electrons. The van der Waals surface area contributed by atoms with Crippen molar-refractivity contribution in [2.75, 3.05) is 40.4 Å². The normalized spacial score (nSPS) is 17.6. The lowest BCUT2D eigenvalue weighted by atomic mass is 10.0. The molecule has 1 saturated heterocycles. The minimum atomic E-state index is 0. The Balaban J connectivity index is 0.00000392. The number of guanidine groups is 1. The van der Waals surface area contributed by atoms with Gasteiger partial charge in [-0.25, -0.2) is 4.99 Å². The van der Waals surface area contributed by atoms with Crippen LogP contribution in [0.25, 0.3) is 0 Å². The van der Waals surface area contributed by atoms with Crippen molar-refractivity contribution in [1.29, 1.82) is 0 Å². The zero-order valence-corrected chi connectivity index (χ0v) is 20.1. The van der Waals surface area contributed by atoms with Crippen LogP contribution in [-0.4, -0.2) is 57.3 Å². The van der Waals surface area contributed by atoms with E-state index in [4.69, 9.17) is 14.5 Å². The first-order chi connectivity index (χ1) is 13.2. The second kappa shape index (κ2) is 13.9. The monoisotopic (exact) mass is 504 g/mol. The molecule has 1 aromatic carbocycles. The van der Waals surface area contributed by atoms with Crippen molar-refractivity contribution in [3.05, 3.63) is 23.8 Å². The Kier molecular flexibility index (Phi) is 12.3. The highest BCUT2D eigenvalue weighted by Gasteiger charge is 2.19. The number of likely N-dealkylation sites (tertiary alicyclic amines) is 1. The highest BCUT2D eigenvalue weighted by atomic mass is 127. The highest BCUT2D eigenvalue weighted by molar-refractivity contribution is 14.0. The highest BCUT2D eigenvalue weighted by Crippen LogP contribution is 2.27. The maximum atomic E-state index is 5.37. The van der Waals surface area contributed by atoms with Crippen molar-refractivity contribution in [1.82, 2.24) is 15.5 Å². The minimum absolute atomic E-state index is 0. The number of benzene rings is 1. The van der Waals surface area contributed by atoms with Crippen molar-refractivity contribution in [3.63, 3.8) is 0 Å². The zero-order chi connectivity index (χ0) is 19.5. The third-order valence-corrected chi connectivity index (χ3v) is 5.12. The molecule has 28 heavy (non-hydrogen) atoms. The van der Waals surface area contributed by atoms with Crippen LogP contribution in [0.4, 0.5) is 0 Å². The van der Waals surface area contributed by atoms with E-state index in [1.807, 2.05) is 18.2 Å². The van der Waals surface area contributed by atoms with Gasteiger partial charge in [0.15, 0.2) is 17.5 Å². The van der Waals surface area contributed by atoms with Crippen LogP contribution in [0.2, 0.25) is 0 Å². The predicted octanol–water partition coefficient (Wildman–Crippen LogP) is 3.64. The quantitative estimate of drug-likeness (QED) is 0.306. The molecule has 1 aromatic rings. The van der Waals surface area contributed by atoms with E-state index in [1.54, 1.807) is 14.2 Å². The van der Waals surface area contributed by atoms with Crippen LogP contribution in [0.15, 0.2) is 23.2 Å². The largest absolute Gasteiger partial charge is 0.493 e. The van der Waals surface area contributed by atoms with Crippen molar-refractivity contribution in [3.8, 4) is 11.5 Å². The van der Waals surface area contributed by atoms with E-state index in [2.05, 4.69) is 29.4 Å². The van der Waals surface area contributed by atoms with Crippen LogP contribution in [-0.2, 0) is 6.54 Å². The number of halogens is 1. The van der Waals surface area contributed by atoms with Gasteiger partial charge < -0.3 is 20.1 Å². The minimum Gasteiger partial charge on any atom is -0.493 e. The van der Waals surface area contributed by atoms with Gasteiger partial charge in [0.05, 0.1) is 20.8 Å². The smallest absolute Gasteiger partial charge is 0.191 e. The summed E-state index contributed by atoms with van der Waals surface area (Å²) in [6.07, 6.45) is 5.28. The van der Waals surface area contributed by atoms with Gasteiger partial charge in [0.2, 0.25) is 0 Å². The molecule has 0 spiro atoms. The van der Waals surface area contributed by atoms with E-state index >= 15 is 0 Å². The maximum absolute atomic E-state index is 5.37. The van der Waals surface area contributed by atoms with Gasteiger partial charge in [-0.2, -0.15) is 0 Å². The Bertz CT molecular complexity index is 598. The number of piperidine rings is 1. The molecule has 0 amide bonds. The van der Waals surface area contributed by atoms with Crippen molar-refractivity contribution < 1.29 is 9.47 Å². The van der Waals surface area contributed by atoms with Crippen LogP contribution in [0.5, 0.6) is 11.5 Å². The van der Waals surface area contributed by atoms with E-state index < -0.39 is 0 Å². The number of nitrogens with one attached hydrogen (secondary N) is 2. The molecule has 0 radical (unpaired) electrons. The number of nitrogens with zero attached hydrogens (tertiary/aromatic N) is 2. The van der Waals surface area contributed by atoms with Gasteiger partial charge in [0.1, 0.15) is 0 Å². The molecule has 0 aliphatic carbocycles. The average molecular weight is 504 g/mol. The summed E-state index contributed by atoms with van der Waals surface area (Å²) in [5.41, 5.74) is 1.09. The predicted molar refractivity (Wildman–Crippen MR) is 127 cm³/mol. The molecular weight excluding hydrogens is 467 g/mol. The van der Waals surface area contributed by atoms with Crippen LogP contribution in [0.3, 0.4) is 0 Å². The first kappa shape index (κ1) is 24.8. The number of rotatable bonds is 9. The van der Waals surface area contributed by atoms with Crippen LogP contribution in [0, 0.1) is 0 Å². The molecule has 1 aliphatic rings. The molecule has 1 atom stereocenters. The van der Waals surface area contributed by atoms with Gasteiger partial charge in [-0.1, -0.05) is 19.4 Å². The third-order valence-electron chi connectivity index (χ3n) is 5.12. The van der Waals surface area contributed by atoms with Crippen molar-refractivity contribution >= 4 is 29.9 Å². The van der Waals surface area contributed by atoms with Gasteiger partial charge in [0, 0.05) is 25.7 Å². The second-order valence-corrected chi connectivity index (χ2v) is 6.91. The fraction of sp³-hybridized carbons (Fsp3) is 0.667. The van der Waals surface area contributed by atoms with Gasteiger partial charge in [-0.3, -0.25) is 4.90 Å². The maximum Gasteiger partial charge on any atom is 0.191 e. The lowest BCUT2D eigenvalue weighted by molar-refractivity contribution is 0.147. The van der Waals surface area contributed by atoms with Gasteiger partial charge in [-0.05, 0) is 50.4 Å². The van der Waals surface area contributed by atoms with E-state index in [9.17, 15) is 0 Å². The van der Waals surface area contributed by atoms with E-state index in [-0.39, 0.29) is 24.0 Å². The summed E-state index contributed by atoms with van der Waals surface area (Å²) in [6, 6.07) is 6.66. The number of methoxy groups -OCH3 is 2. The fourth-order valence-corrected chi connectivity index (χ4v) is 3.63. The van der Waals surface area contributed by atoms with Gasteiger partial charge in [-0.15, -0.1) is 24.0 Å². The Hall–Kier alpha value is -1.22. The van der Waals surface area contributed by atoms with E-state index in [0.717, 1.165) is 48.7 Å². The molecular formula is C21H37IN4O2. The molecule has 1 aliphatic heterocycles. The average Bonchev–Trinajstić information content (AvgIpc) is 2.72. The lowest BCUT2D eigenvalue weighted by Gasteiger charge is -2.35. The molecule has 2 N–H and O–H groups in total. The molecule has 1 heterocycles. The number of hydrogen-bond donors (Lipinski definition) is 2. The number of ether oxygens (including phenoxy) is 2. The summed E-state index contributed by atoms with van der Waals surface area (Å²) in [5.74, 6) is 2.33. The Labute approximate surface area is 187 Å². The molecule has 0 bridgehead atoms. The summed E-state index contributed by atoms with van der Waals surface area (Å²) in [6.45, 7) is 9.03. The standard InChI is InChI=1S/C21H36N4O2.HI/c1-5-18-9-7-8-13-25(18)14-12-23-21(22-6-2)24-16-17-10-11-19(26-3)20(15-17)27-4;/h10-11,15,18H,5-9,12-14,16H2,1-4H3,(H2,22,23,24);1H. The summed E-state index contributed by atoms with van der Waals surface area (Å²) in [4.78, 5) is 7.34. The molecule has 1 unspecified atom stereocenters. The first-order valence-electron chi connectivity index (χ1n) is 10.2. The molecule has 0 aromatic heterocycles. The second-order valence-electron chi connectivity index (χ2n) is 6.91. The Morgan fingerprint density at radius 1 is 1.14 bits per heavy atom. The third kappa shape index (κ3) is 7.66. The topological polar surface area (TPSA) is 58.1 Å². The Morgan fingerprint density at radius 3 is 2.61 bits per heavy atom. The molecule has 6 nitrogen and oxygen atoms in total. The summed E-state index contributed by atoms with van der Waals surface area (Å²) in [7, 11) is 3.30. The number of hydrogen-bond acceptors (Lipinski definition) is 4. The van der Waals surface area contributed by atoms with E-state index in [1.165, 1.54) is 32.2 Å². The summed E-state index contributed by atoms with van der Waals surface area (Å²) < 4.78 is 10.7. The molecule has 7 heteroatoms. The molecule has 0 saturated carbocycles. The van der Waals surface area contributed by atoms with Crippen molar-refractivity contribution in [2.45, 2.75) is 52.1 Å². The van der Waals surface area contributed by atoms with Gasteiger partial charge in [0.25, 0.3) is 0 Å².